The molecule has 0 amide bonds. The van der Waals surface area contributed by atoms with Crippen LogP contribution < -0.4 is 0 Å². The molecule has 0 radical (unpaired) electrons. The molecule has 0 unspecified atom stereocenters. The molecule has 0 aliphatic rings. The van der Waals surface area contributed by atoms with Gasteiger partial charge in [0.1, 0.15) is 0 Å². The van der Waals surface area contributed by atoms with Crippen LogP contribution in [-0.4, -0.2) is 19.9 Å². The lowest BCUT2D eigenvalue weighted by atomic mass is 9.93. The number of nitrogens with zero attached hydrogens (tertiary/aromatic N) is 4. The quantitative estimate of drug-likeness (QED) is 0.193. The predicted molar refractivity (Wildman–Crippen MR) is 189 cm³/mol. The van der Waals surface area contributed by atoms with E-state index in [0.717, 1.165) is 77.6 Å². The van der Waals surface area contributed by atoms with Crippen LogP contribution in [0.1, 0.15) is 0 Å². The third-order valence-corrected chi connectivity index (χ3v) is 8.72. The van der Waals surface area contributed by atoms with Crippen LogP contribution in [-0.2, 0) is 0 Å². The molecule has 9 rings (SSSR count). The first-order valence-corrected chi connectivity index (χ1v) is 15.4. The van der Waals surface area contributed by atoms with E-state index in [4.69, 9.17) is 15.0 Å². The third kappa shape index (κ3) is 4.47. The van der Waals surface area contributed by atoms with E-state index < -0.39 is 0 Å². The Balaban J connectivity index is 1.16. The maximum absolute atomic E-state index is 5.26. The first-order chi connectivity index (χ1) is 22.8. The standard InChI is InChI=1S/C42H26N4/c1-2-8-27(9-3-1)36-21-15-28-13-14-29-16-23-38(46-42(29)41(28)45-36)35-20-19-32(33-10-4-5-11-34(33)35)30-17-22-37-31(26-30)18-24-40(44-37)39-12-6-7-25-43-39/h1-26H. The Morgan fingerprint density at radius 2 is 0.978 bits per heavy atom. The maximum Gasteiger partial charge on any atom is 0.0972 e. The molecule has 4 nitrogen and oxygen atoms in total. The zero-order valence-electron chi connectivity index (χ0n) is 24.8. The molecule has 0 spiro atoms. The summed E-state index contributed by atoms with van der Waals surface area (Å²) in [5.74, 6) is 0. The zero-order valence-corrected chi connectivity index (χ0v) is 24.8. The highest BCUT2D eigenvalue weighted by Crippen LogP contribution is 2.37. The molecule has 46 heavy (non-hydrogen) atoms. The lowest BCUT2D eigenvalue weighted by Gasteiger charge is -2.13. The van der Waals surface area contributed by atoms with Crippen LogP contribution >= 0.6 is 0 Å². The summed E-state index contributed by atoms with van der Waals surface area (Å²) in [6.45, 7) is 0. The van der Waals surface area contributed by atoms with Crippen LogP contribution in [0.3, 0.4) is 0 Å². The van der Waals surface area contributed by atoms with Gasteiger partial charge in [-0.15, -0.1) is 0 Å². The second kappa shape index (κ2) is 10.7. The van der Waals surface area contributed by atoms with Crippen molar-refractivity contribution in [3.8, 4) is 45.0 Å². The van der Waals surface area contributed by atoms with Gasteiger partial charge in [-0.2, -0.15) is 0 Å². The molecule has 0 fully saturated rings. The molecule has 214 valence electrons. The summed E-state index contributed by atoms with van der Waals surface area (Å²) in [6.07, 6.45) is 1.80. The highest BCUT2D eigenvalue weighted by Gasteiger charge is 2.14. The van der Waals surface area contributed by atoms with Crippen molar-refractivity contribution >= 4 is 43.5 Å². The Morgan fingerprint density at radius 1 is 0.348 bits per heavy atom. The SMILES string of the molecule is c1ccc(-c2ccc3ccc4ccc(-c5ccc(-c6ccc7nc(-c8ccccn8)ccc7c6)c6ccccc56)nc4c3n2)cc1. The summed E-state index contributed by atoms with van der Waals surface area (Å²) in [5.41, 5.74) is 10.9. The van der Waals surface area contributed by atoms with Crippen LogP contribution in [0.2, 0.25) is 0 Å². The average Bonchev–Trinajstić information content (AvgIpc) is 3.14. The second-order valence-electron chi connectivity index (χ2n) is 11.5. The van der Waals surface area contributed by atoms with E-state index in [9.17, 15) is 0 Å². The number of hydrogen-bond acceptors (Lipinski definition) is 4. The summed E-state index contributed by atoms with van der Waals surface area (Å²) in [6, 6.07) is 52.6. The first-order valence-electron chi connectivity index (χ1n) is 15.4. The Hall–Kier alpha value is -6.26. The molecule has 0 N–H and O–H groups in total. The predicted octanol–water partition coefficient (Wildman–Crippen LogP) is 10.5. The molecule has 0 aliphatic carbocycles. The highest BCUT2D eigenvalue weighted by atomic mass is 14.8. The minimum Gasteiger partial charge on any atom is -0.255 e. The van der Waals surface area contributed by atoms with Gasteiger partial charge >= 0.3 is 0 Å². The molecule has 0 saturated carbocycles. The van der Waals surface area contributed by atoms with Crippen molar-refractivity contribution in [2.24, 2.45) is 0 Å². The van der Waals surface area contributed by atoms with E-state index in [1.807, 2.05) is 42.5 Å². The number of benzene rings is 5. The minimum absolute atomic E-state index is 0.873. The fraction of sp³-hybridized carbons (Fsp3) is 0. The number of hydrogen-bond donors (Lipinski definition) is 0. The van der Waals surface area contributed by atoms with E-state index in [-0.39, 0.29) is 0 Å². The van der Waals surface area contributed by atoms with Gasteiger partial charge in [-0.3, -0.25) is 4.98 Å². The van der Waals surface area contributed by atoms with Gasteiger partial charge in [0.2, 0.25) is 0 Å². The van der Waals surface area contributed by atoms with Gasteiger partial charge in [0, 0.05) is 33.5 Å². The van der Waals surface area contributed by atoms with E-state index in [1.165, 1.54) is 10.9 Å². The summed E-state index contributed by atoms with van der Waals surface area (Å²) >= 11 is 0. The van der Waals surface area contributed by atoms with Gasteiger partial charge in [-0.25, -0.2) is 15.0 Å². The van der Waals surface area contributed by atoms with Crippen LogP contribution in [0.5, 0.6) is 0 Å². The van der Waals surface area contributed by atoms with Crippen molar-refractivity contribution in [2.75, 3.05) is 0 Å². The average molecular weight is 587 g/mol. The van der Waals surface area contributed by atoms with Crippen molar-refractivity contribution in [3.05, 3.63) is 158 Å². The molecular formula is C42H26N4. The Kier molecular flexibility index (Phi) is 6.10. The Morgan fingerprint density at radius 3 is 1.76 bits per heavy atom. The minimum atomic E-state index is 0.873. The van der Waals surface area contributed by atoms with E-state index >= 15 is 0 Å². The number of rotatable bonds is 4. The van der Waals surface area contributed by atoms with E-state index in [1.54, 1.807) is 6.20 Å². The molecule has 0 atom stereocenters. The molecule has 4 heterocycles. The number of pyridine rings is 4. The first kappa shape index (κ1) is 26.2. The Bertz CT molecular complexity index is 2580. The maximum atomic E-state index is 5.26. The van der Waals surface area contributed by atoms with Crippen LogP contribution in [0.4, 0.5) is 0 Å². The summed E-state index contributed by atoms with van der Waals surface area (Å²) in [7, 11) is 0. The molecule has 0 bridgehead atoms. The van der Waals surface area contributed by atoms with Gasteiger partial charge in [0.05, 0.1) is 39.3 Å². The molecule has 0 saturated heterocycles. The molecular weight excluding hydrogens is 560 g/mol. The third-order valence-electron chi connectivity index (χ3n) is 8.72. The van der Waals surface area contributed by atoms with Gasteiger partial charge in [-0.1, -0.05) is 109 Å². The van der Waals surface area contributed by atoms with Crippen molar-refractivity contribution < 1.29 is 0 Å². The fourth-order valence-corrected chi connectivity index (χ4v) is 6.41. The molecule has 4 aromatic heterocycles. The van der Waals surface area contributed by atoms with Gasteiger partial charge in [0.25, 0.3) is 0 Å². The monoisotopic (exact) mass is 586 g/mol. The summed E-state index contributed by atoms with van der Waals surface area (Å²) < 4.78 is 0. The molecule has 9 aromatic rings. The van der Waals surface area contributed by atoms with E-state index in [2.05, 4.69) is 114 Å². The van der Waals surface area contributed by atoms with Crippen molar-refractivity contribution in [1.29, 1.82) is 0 Å². The van der Waals surface area contributed by atoms with Crippen molar-refractivity contribution in [2.45, 2.75) is 0 Å². The van der Waals surface area contributed by atoms with Crippen LogP contribution in [0, 0.1) is 0 Å². The summed E-state index contributed by atoms with van der Waals surface area (Å²) in [5, 5.41) is 5.59. The van der Waals surface area contributed by atoms with Gasteiger partial charge in [-0.05, 0) is 64.4 Å². The fourth-order valence-electron chi connectivity index (χ4n) is 6.41. The second-order valence-corrected chi connectivity index (χ2v) is 11.5. The summed E-state index contributed by atoms with van der Waals surface area (Å²) in [4.78, 5) is 19.7. The largest absolute Gasteiger partial charge is 0.255 e. The lowest BCUT2D eigenvalue weighted by Crippen LogP contribution is -1.92. The number of fused-ring (bicyclic) bond motifs is 5. The van der Waals surface area contributed by atoms with Crippen LogP contribution in [0.15, 0.2) is 158 Å². The highest BCUT2D eigenvalue weighted by molar-refractivity contribution is 6.08. The number of aromatic nitrogens is 4. The smallest absolute Gasteiger partial charge is 0.0972 e. The normalized spacial score (nSPS) is 11.5. The topological polar surface area (TPSA) is 51.6 Å². The van der Waals surface area contributed by atoms with Crippen molar-refractivity contribution in [1.82, 2.24) is 19.9 Å². The Labute approximate surface area is 265 Å². The van der Waals surface area contributed by atoms with E-state index in [0.29, 0.717) is 0 Å². The zero-order chi connectivity index (χ0) is 30.5. The van der Waals surface area contributed by atoms with Crippen molar-refractivity contribution in [3.63, 3.8) is 0 Å². The van der Waals surface area contributed by atoms with Gasteiger partial charge in [0.15, 0.2) is 0 Å². The molecule has 4 heteroatoms. The molecule has 0 aliphatic heterocycles. The molecule has 5 aromatic carbocycles. The van der Waals surface area contributed by atoms with Gasteiger partial charge < -0.3 is 0 Å². The lowest BCUT2D eigenvalue weighted by molar-refractivity contribution is 1.28. The van der Waals surface area contributed by atoms with Crippen LogP contribution in [0.25, 0.3) is 88.5 Å².